The van der Waals surface area contributed by atoms with Gasteiger partial charge in [0.25, 0.3) is 5.91 Å². The number of nitro groups is 1. The van der Waals surface area contributed by atoms with Crippen LogP contribution in [0.3, 0.4) is 0 Å². The van der Waals surface area contributed by atoms with Crippen LogP contribution in [0, 0.1) is 10.1 Å². The summed E-state index contributed by atoms with van der Waals surface area (Å²) in [5.41, 5.74) is 1.28. The fraction of sp³-hybridized carbons (Fsp3) is 0.412. The number of carbonyl (C=O) groups excluding carboxylic acids is 1. The number of aliphatic hydroxyl groups excluding tert-OH is 1. The van der Waals surface area contributed by atoms with Gasteiger partial charge in [0.15, 0.2) is 0 Å². The van der Waals surface area contributed by atoms with Crippen LogP contribution >= 0.6 is 0 Å². The monoisotopic (exact) mass is 346 g/mol. The van der Waals surface area contributed by atoms with Crippen molar-refractivity contribution in [3.8, 4) is 0 Å². The molecule has 25 heavy (non-hydrogen) atoms. The van der Waals surface area contributed by atoms with Crippen molar-refractivity contribution in [2.24, 2.45) is 7.05 Å². The van der Waals surface area contributed by atoms with Crippen molar-refractivity contribution in [2.45, 2.75) is 32.3 Å². The molecule has 8 heteroatoms. The lowest BCUT2D eigenvalue weighted by Gasteiger charge is -2.20. The number of hydrogen-bond acceptors (Lipinski definition) is 5. The second-order valence-corrected chi connectivity index (χ2v) is 6.86. The molecule has 1 amide bonds. The van der Waals surface area contributed by atoms with E-state index in [1.165, 1.54) is 7.05 Å². The standard InChI is InChI=1S/C17H22N4O4/c1-17(2,3)12-7-5-11(6-8-12)14(22)10-18-16(23)15-13(21(24)25)9-19-20(15)4/h5-9,14,22H,10H2,1-4H3,(H,18,23). The highest BCUT2D eigenvalue weighted by Crippen LogP contribution is 2.24. The second-order valence-electron chi connectivity index (χ2n) is 6.86. The van der Waals surface area contributed by atoms with Crippen LogP contribution in [0.1, 0.15) is 48.5 Å². The van der Waals surface area contributed by atoms with E-state index in [2.05, 4.69) is 31.2 Å². The molecule has 0 saturated carbocycles. The largest absolute Gasteiger partial charge is 0.387 e. The van der Waals surface area contributed by atoms with E-state index in [9.17, 15) is 20.0 Å². The summed E-state index contributed by atoms with van der Waals surface area (Å²) >= 11 is 0. The first-order valence-electron chi connectivity index (χ1n) is 7.84. The third kappa shape index (κ3) is 4.21. The summed E-state index contributed by atoms with van der Waals surface area (Å²) < 4.78 is 1.14. The maximum absolute atomic E-state index is 12.2. The molecule has 2 aromatic rings. The van der Waals surface area contributed by atoms with Gasteiger partial charge in [-0.1, -0.05) is 45.0 Å². The maximum Gasteiger partial charge on any atom is 0.320 e. The summed E-state index contributed by atoms with van der Waals surface area (Å²) in [5.74, 6) is -0.655. The average molecular weight is 346 g/mol. The maximum atomic E-state index is 12.2. The van der Waals surface area contributed by atoms with Gasteiger partial charge in [-0.25, -0.2) is 0 Å². The Morgan fingerprint density at radius 3 is 2.48 bits per heavy atom. The van der Waals surface area contributed by atoms with Crippen LogP contribution in [0.15, 0.2) is 30.5 Å². The minimum absolute atomic E-state index is 0.0101. The molecule has 0 aliphatic heterocycles. The molecule has 1 heterocycles. The second kappa shape index (κ2) is 7.02. The Kier molecular flexibility index (Phi) is 5.22. The van der Waals surface area contributed by atoms with Crippen LogP contribution in [0.4, 0.5) is 5.69 Å². The Morgan fingerprint density at radius 1 is 1.36 bits per heavy atom. The molecule has 1 unspecified atom stereocenters. The van der Waals surface area contributed by atoms with Gasteiger partial charge in [-0.05, 0) is 16.5 Å². The number of amides is 1. The minimum atomic E-state index is -0.912. The van der Waals surface area contributed by atoms with Crippen LogP contribution in [0.5, 0.6) is 0 Å². The Bertz CT molecular complexity index is 775. The molecule has 1 aromatic heterocycles. The normalized spacial score (nSPS) is 12.7. The van der Waals surface area contributed by atoms with E-state index in [-0.39, 0.29) is 23.3 Å². The van der Waals surface area contributed by atoms with Crippen LogP contribution < -0.4 is 5.32 Å². The third-order valence-corrected chi connectivity index (χ3v) is 3.95. The molecule has 0 aliphatic carbocycles. The van der Waals surface area contributed by atoms with Crippen molar-refractivity contribution in [3.05, 3.63) is 57.4 Å². The first-order chi connectivity index (χ1) is 11.6. The molecule has 0 fully saturated rings. The smallest absolute Gasteiger partial charge is 0.320 e. The molecule has 0 spiro atoms. The highest BCUT2D eigenvalue weighted by atomic mass is 16.6. The molecule has 1 aromatic carbocycles. The molecule has 0 radical (unpaired) electrons. The Labute approximate surface area is 145 Å². The summed E-state index contributed by atoms with van der Waals surface area (Å²) in [7, 11) is 1.45. The lowest BCUT2D eigenvalue weighted by Crippen LogP contribution is -2.30. The van der Waals surface area contributed by atoms with Crippen LogP contribution in [-0.2, 0) is 12.5 Å². The van der Waals surface area contributed by atoms with E-state index < -0.39 is 16.9 Å². The third-order valence-electron chi connectivity index (χ3n) is 3.95. The fourth-order valence-corrected chi connectivity index (χ4v) is 2.42. The van der Waals surface area contributed by atoms with Gasteiger partial charge in [0.05, 0.1) is 11.0 Å². The zero-order valence-corrected chi connectivity index (χ0v) is 14.7. The number of benzene rings is 1. The van der Waals surface area contributed by atoms with Crippen LogP contribution in [0.2, 0.25) is 0 Å². The van der Waals surface area contributed by atoms with Gasteiger partial charge in [-0.3, -0.25) is 19.6 Å². The van der Waals surface area contributed by atoms with Gasteiger partial charge in [0.2, 0.25) is 5.69 Å². The summed E-state index contributed by atoms with van der Waals surface area (Å²) in [4.78, 5) is 22.5. The molecular weight excluding hydrogens is 324 g/mol. The Hall–Kier alpha value is -2.74. The number of rotatable bonds is 5. The van der Waals surface area contributed by atoms with E-state index in [1.54, 1.807) is 0 Å². The zero-order valence-electron chi connectivity index (χ0n) is 14.7. The van der Waals surface area contributed by atoms with Gasteiger partial charge in [-0.15, -0.1) is 0 Å². The Balaban J connectivity index is 2.05. The molecule has 2 rings (SSSR count). The summed E-state index contributed by atoms with van der Waals surface area (Å²) in [5, 5.41) is 27.4. The van der Waals surface area contributed by atoms with Gasteiger partial charge in [0, 0.05) is 13.6 Å². The van der Waals surface area contributed by atoms with E-state index in [0.717, 1.165) is 16.4 Å². The van der Waals surface area contributed by atoms with E-state index in [1.807, 2.05) is 24.3 Å². The van der Waals surface area contributed by atoms with E-state index >= 15 is 0 Å². The number of nitrogens with zero attached hydrogens (tertiary/aromatic N) is 3. The molecule has 0 saturated heterocycles. The van der Waals surface area contributed by atoms with Gasteiger partial charge < -0.3 is 10.4 Å². The number of aliphatic hydroxyl groups is 1. The molecule has 0 aliphatic rings. The van der Waals surface area contributed by atoms with Gasteiger partial charge in [-0.2, -0.15) is 5.10 Å². The number of carbonyl (C=O) groups is 1. The first kappa shape index (κ1) is 18.6. The molecule has 2 N–H and O–H groups in total. The minimum Gasteiger partial charge on any atom is -0.387 e. The SMILES string of the molecule is Cn1ncc([N+](=O)[O-])c1C(=O)NCC(O)c1ccc(C(C)(C)C)cc1. The number of aromatic nitrogens is 2. The summed E-state index contributed by atoms with van der Waals surface area (Å²) in [6.07, 6.45) is 0.113. The molecule has 1 atom stereocenters. The lowest BCUT2D eigenvalue weighted by molar-refractivity contribution is -0.385. The number of aryl methyl sites for hydroxylation is 1. The number of hydrogen-bond donors (Lipinski definition) is 2. The quantitative estimate of drug-likeness (QED) is 0.636. The van der Waals surface area contributed by atoms with Crippen LogP contribution in [0.25, 0.3) is 0 Å². The van der Waals surface area contributed by atoms with Crippen molar-refractivity contribution >= 4 is 11.6 Å². The predicted octanol–water partition coefficient (Wildman–Crippen LogP) is 2.09. The fourth-order valence-electron chi connectivity index (χ4n) is 2.42. The van der Waals surface area contributed by atoms with Crippen molar-refractivity contribution in [2.75, 3.05) is 6.54 Å². The topological polar surface area (TPSA) is 110 Å². The Morgan fingerprint density at radius 2 is 1.96 bits per heavy atom. The van der Waals surface area contributed by atoms with Crippen molar-refractivity contribution in [3.63, 3.8) is 0 Å². The highest BCUT2D eigenvalue weighted by Gasteiger charge is 2.25. The summed E-state index contributed by atoms with van der Waals surface area (Å²) in [6.45, 7) is 6.23. The zero-order chi connectivity index (χ0) is 18.8. The van der Waals surface area contributed by atoms with Gasteiger partial charge in [0.1, 0.15) is 6.20 Å². The molecular formula is C17H22N4O4. The summed E-state index contributed by atoms with van der Waals surface area (Å²) in [6, 6.07) is 7.49. The number of nitrogens with one attached hydrogen (secondary N) is 1. The van der Waals surface area contributed by atoms with Crippen LogP contribution in [-0.4, -0.2) is 32.3 Å². The lowest BCUT2D eigenvalue weighted by atomic mass is 9.86. The first-order valence-corrected chi connectivity index (χ1v) is 7.84. The van der Waals surface area contributed by atoms with Crippen molar-refractivity contribution in [1.82, 2.24) is 15.1 Å². The van der Waals surface area contributed by atoms with E-state index in [4.69, 9.17) is 0 Å². The average Bonchev–Trinajstić information content (AvgIpc) is 2.93. The van der Waals surface area contributed by atoms with Crippen molar-refractivity contribution < 1.29 is 14.8 Å². The molecule has 8 nitrogen and oxygen atoms in total. The highest BCUT2D eigenvalue weighted by molar-refractivity contribution is 5.96. The van der Waals surface area contributed by atoms with Gasteiger partial charge >= 0.3 is 5.69 Å². The predicted molar refractivity (Wildman–Crippen MR) is 92.3 cm³/mol. The van der Waals surface area contributed by atoms with Crippen molar-refractivity contribution in [1.29, 1.82) is 0 Å². The molecule has 0 bridgehead atoms. The van der Waals surface area contributed by atoms with E-state index in [0.29, 0.717) is 5.56 Å². The molecule has 134 valence electrons.